The van der Waals surface area contributed by atoms with Gasteiger partial charge in [0, 0.05) is 24.0 Å². The zero-order valence-electron chi connectivity index (χ0n) is 10.9. The van der Waals surface area contributed by atoms with Crippen molar-refractivity contribution in [1.82, 2.24) is 10.6 Å². The summed E-state index contributed by atoms with van der Waals surface area (Å²) in [5, 5.41) is 5.37. The first-order chi connectivity index (χ1) is 8.68. The summed E-state index contributed by atoms with van der Waals surface area (Å²) < 4.78 is 38.2. The molecule has 0 aromatic carbocycles. The van der Waals surface area contributed by atoms with E-state index in [-0.39, 0.29) is 24.9 Å². The molecule has 0 aromatic rings. The topological polar surface area (TPSA) is 76.1 Å². The van der Waals surface area contributed by atoms with Gasteiger partial charge in [-0.3, -0.25) is 10.6 Å². The molecule has 8 heteroatoms. The van der Waals surface area contributed by atoms with Gasteiger partial charge in [0.15, 0.2) is 0 Å². The van der Waals surface area contributed by atoms with Crippen molar-refractivity contribution in [2.24, 2.45) is 17.4 Å². The molecule has 0 bridgehead atoms. The van der Waals surface area contributed by atoms with Crippen molar-refractivity contribution >= 4 is 11.6 Å². The van der Waals surface area contributed by atoms with E-state index in [1.165, 1.54) is 0 Å². The maximum Gasteiger partial charge on any atom is 0.391 e. The quantitative estimate of drug-likeness (QED) is 0.453. The highest BCUT2D eigenvalue weighted by atomic mass is 35.5. The molecule has 0 heterocycles. The minimum absolute atomic E-state index is 0.0142. The second-order valence-electron chi connectivity index (χ2n) is 5.27. The molecule has 0 amide bonds. The average molecular weight is 303 g/mol. The molecule has 5 unspecified atom stereocenters. The number of rotatable bonds is 5. The van der Waals surface area contributed by atoms with Gasteiger partial charge >= 0.3 is 6.18 Å². The van der Waals surface area contributed by atoms with Crippen molar-refractivity contribution in [1.29, 1.82) is 0 Å². The van der Waals surface area contributed by atoms with Gasteiger partial charge in [0.2, 0.25) is 0 Å². The first-order valence-corrected chi connectivity index (χ1v) is 6.83. The highest BCUT2D eigenvalue weighted by Gasteiger charge is 2.44. The zero-order chi connectivity index (χ0) is 14.6. The van der Waals surface area contributed by atoms with Gasteiger partial charge in [-0.15, -0.1) is 11.6 Å². The molecule has 6 N–H and O–H groups in total. The molecule has 19 heavy (non-hydrogen) atoms. The lowest BCUT2D eigenvalue weighted by Gasteiger charge is -2.35. The van der Waals surface area contributed by atoms with E-state index < -0.39 is 23.8 Å². The maximum absolute atomic E-state index is 12.7. The van der Waals surface area contributed by atoms with Gasteiger partial charge in [-0.2, -0.15) is 13.2 Å². The summed E-state index contributed by atoms with van der Waals surface area (Å²) in [6, 6.07) is -0.402. The van der Waals surface area contributed by atoms with Gasteiger partial charge in [0.25, 0.3) is 0 Å². The standard InChI is InChI=1S/C11H22ClF3N4/c1-6(16)5-18-10(17)19-9-3-7(11(13,14)15)2-8(12)4-9/h6-10,18-19H,2-5,16-17H2,1H3. The predicted molar refractivity (Wildman–Crippen MR) is 69.6 cm³/mol. The summed E-state index contributed by atoms with van der Waals surface area (Å²) >= 11 is 5.90. The SMILES string of the molecule is CC(N)CNC(N)NC1CC(Cl)CC(C(F)(F)F)C1. The lowest BCUT2D eigenvalue weighted by Crippen LogP contribution is -2.57. The summed E-state index contributed by atoms with van der Waals surface area (Å²) in [6.07, 6.45) is -4.29. The number of alkyl halides is 4. The fourth-order valence-electron chi connectivity index (χ4n) is 2.28. The van der Waals surface area contributed by atoms with Gasteiger partial charge < -0.3 is 11.5 Å². The fraction of sp³-hybridized carbons (Fsp3) is 1.00. The van der Waals surface area contributed by atoms with E-state index in [1.807, 2.05) is 6.92 Å². The van der Waals surface area contributed by atoms with Gasteiger partial charge in [-0.25, -0.2) is 0 Å². The van der Waals surface area contributed by atoms with Crippen LogP contribution in [0.2, 0.25) is 0 Å². The summed E-state index contributed by atoms with van der Waals surface area (Å²) in [5.41, 5.74) is 11.3. The van der Waals surface area contributed by atoms with E-state index in [0.29, 0.717) is 13.0 Å². The van der Waals surface area contributed by atoms with Crippen molar-refractivity contribution in [2.75, 3.05) is 6.54 Å². The molecule has 1 aliphatic rings. The number of halogens is 4. The first-order valence-electron chi connectivity index (χ1n) is 6.40. The lowest BCUT2D eigenvalue weighted by molar-refractivity contribution is -0.183. The maximum atomic E-state index is 12.7. The van der Waals surface area contributed by atoms with Gasteiger partial charge in [0.05, 0.1) is 5.92 Å². The molecule has 1 aliphatic carbocycles. The largest absolute Gasteiger partial charge is 0.391 e. The van der Waals surface area contributed by atoms with Crippen LogP contribution >= 0.6 is 11.6 Å². The van der Waals surface area contributed by atoms with E-state index in [1.54, 1.807) is 0 Å². The smallest absolute Gasteiger partial charge is 0.327 e. The molecule has 1 rings (SSSR count). The highest BCUT2D eigenvalue weighted by molar-refractivity contribution is 6.20. The van der Waals surface area contributed by atoms with Crippen molar-refractivity contribution in [2.45, 2.75) is 56.1 Å². The number of hydrogen-bond acceptors (Lipinski definition) is 4. The molecular weight excluding hydrogens is 281 g/mol. The Kier molecular flexibility index (Phi) is 6.32. The van der Waals surface area contributed by atoms with Crippen LogP contribution in [-0.2, 0) is 0 Å². The van der Waals surface area contributed by atoms with Crippen LogP contribution in [0.1, 0.15) is 26.2 Å². The van der Waals surface area contributed by atoms with E-state index >= 15 is 0 Å². The first kappa shape index (κ1) is 17.0. The number of hydrogen-bond donors (Lipinski definition) is 4. The van der Waals surface area contributed by atoms with E-state index in [4.69, 9.17) is 23.1 Å². The second-order valence-corrected chi connectivity index (χ2v) is 5.89. The molecular formula is C11H22ClF3N4. The number of nitrogens with one attached hydrogen (secondary N) is 2. The summed E-state index contributed by atoms with van der Waals surface area (Å²) in [5.74, 6) is -1.36. The minimum Gasteiger partial charge on any atom is -0.327 e. The molecule has 1 fully saturated rings. The van der Waals surface area contributed by atoms with E-state index in [9.17, 15) is 13.2 Å². The summed E-state index contributed by atoms with van der Waals surface area (Å²) in [7, 11) is 0. The molecule has 0 aliphatic heterocycles. The van der Waals surface area contributed by atoms with E-state index in [2.05, 4.69) is 10.6 Å². The fourth-order valence-corrected chi connectivity index (χ4v) is 2.71. The van der Waals surface area contributed by atoms with Gasteiger partial charge in [-0.1, -0.05) is 0 Å². The third kappa shape index (κ3) is 6.27. The Morgan fingerprint density at radius 1 is 1.26 bits per heavy atom. The molecule has 114 valence electrons. The Balaban J connectivity index is 2.44. The third-order valence-corrected chi connectivity index (χ3v) is 3.54. The molecule has 0 spiro atoms. The highest BCUT2D eigenvalue weighted by Crippen LogP contribution is 2.39. The third-order valence-electron chi connectivity index (χ3n) is 3.19. The minimum atomic E-state index is -4.20. The van der Waals surface area contributed by atoms with Gasteiger partial charge in [-0.05, 0) is 26.2 Å². The van der Waals surface area contributed by atoms with Crippen molar-refractivity contribution < 1.29 is 13.2 Å². The van der Waals surface area contributed by atoms with E-state index in [0.717, 1.165) is 0 Å². The normalized spacial score (nSPS) is 32.1. The van der Waals surface area contributed by atoms with Crippen molar-refractivity contribution in [3.8, 4) is 0 Å². The zero-order valence-corrected chi connectivity index (χ0v) is 11.6. The molecule has 4 nitrogen and oxygen atoms in total. The Labute approximate surface area is 116 Å². The van der Waals surface area contributed by atoms with Crippen LogP contribution in [0.25, 0.3) is 0 Å². The Hall–Kier alpha value is -0.0800. The monoisotopic (exact) mass is 302 g/mol. The number of nitrogens with two attached hydrogens (primary N) is 2. The van der Waals surface area contributed by atoms with Crippen LogP contribution in [-0.4, -0.2) is 36.5 Å². The van der Waals surface area contributed by atoms with Crippen LogP contribution in [0, 0.1) is 5.92 Å². The van der Waals surface area contributed by atoms with Gasteiger partial charge in [0.1, 0.15) is 6.29 Å². The molecule has 0 saturated heterocycles. The molecule has 0 aromatic heterocycles. The summed E-state index contributed by atoms with van der Waals surface area (Å²) in [6.45, 7) is 2.31. The predicted octanol–water partition coefficient (Wildman–Crippen LogP) is 1.09. The average Bonchev–Trinajstić information content (AvgIpc) is 2.24. The van der Waals surface area contributed by atoms with Crippen LogP contribution < -0.4 is 22.1 Å². The molecule has 0 radical (unpaired) electrons. The molecule has 1 saturated carbocycles. The van der Waals surface area contributed by atoms with Crippen LogP contribution in [0.4, 0.5) is 13.2 Å². The Morgan fingerprint density at radius 3 is 2.42 bits per heavy atom. The Morgan fingerprint density at radius 2 is 1.89 bits per heavy atom. The second kappa shape index (κ2) is 7.08. The van der Waals surface area contributed by atoms with Crippen LogP contribution in [0.3, 0.4) is 0 Å². The van der Waals surface area contributed by atoms with Crippen molar-refractivity contribution in [3.05, 3.63) is 0 Å². The van der Waals surface area contributed by atoms with Crippen molar-refractivity contribution in [3.63, 3.8) is 0 Å². The summed E-state index contributed by atoms with van der Waals surface area (Å²) in [4.78, 5) is 0. The molecule has 5 atom stereocenters. The van der Waals surface area contributed by atoms with Crippen LogP contribution in [0.15, 0.2) is 0 Å². The Bertz CT molecular complexity index is 275. The van der Waals surface area contributed by atoms with Crippen LogP contribution in [0.5, 0.6) is 0 Å². The lowest BCUT2D eigenvalue weighted by atomic mass is 9.85.